The number of urea groups is 1. The van der Waals surface area contributed by atoms with Gasteiger partial charge in [0, 0.05) is 32.2 Å². The highest BCUT2D eigenvalue weighted by Gasteiger charge is 2.28. The molecule has 6 nitrogen and oxygen atoms in total. The molecule has 1 aliphatic heterocycles. The lowest BCUT2D eigenvalue weighted by molar-refractivity contribution is 0.0607. The molecular weight excluding hydrogens is 314 g/mol. The van der Waals surface area contributed by atoms with Crippen molar-refractivity contribution in [2.45, 2.75) is 31.7 Å². The molecule has 7 heteroatoms. The Morgan fingerprint density at radius 3 is 2.57 bits per heavy atom. The lowest BCUT2D eigenvalue weighted by Gasteiger charge is -2.37. The Hall–Kier alpha value is -1.60. The molecule has 3 rings (SSSR count). The van der Waals surface area contributed by atoms with Crippen LogP contribution < -0.4 is 5.32 Å². The molecule has 1 N–H and O–H groups in total. The molecule has 2 amide bonds. The second-order valence-electron chi connectivity index (χ2n) is 6.05. The van der Waals surface area contributed by atoms with Crippen LogP contribution in [-0.2, 0) is 4.74 Å². The molecular formula is C16H23N3O3S. The third kappa shape index (κ3) is 3.67. The fourth-order valence-electron chi connectivity index (χ4n) is 3.41. The summed E-state index contributed by atoms with van der Waals surface area (Å²) in [5.74, 6) is -0.415. The zero-order valence-corrected chi connectivity index (χ0v) is 14.2. The number of nitrogens with zero attached hydrogens (tertiary/aromatic N) is 2. The van der Waals surface area contributed by atoms with Gasteiger partial charge in [-0.15, -0.1) is 11.3 Å². The first-order chi connectivity index (χ1) is 11.2. The highest BCUT2D eigenvalue weighted by atomic mass is 32.1. The van der Waals surface area contributed by atoms with Crippen LogP contribution in [-0.4, -0.2) is 61.1 Å². The molecule has 23 heavy (non-hydrogen) atoms. The second-order valence-corrected chi connectivity index (χ2v) is 6.96. The van der Waals surface area contributed by atoms with Gasteiger partial charge in [0.2, 0.25) is 0 Å². The van der Waals surface area contributed by atoms with Crippen molar-refractivity contribution < 1.29 is 14.3 Å². The molecule has 2 heterocycles. The van der Waals surface area contributed by atoms with E-state index in [9.17, 15) is 9.59 Å². The first-order valence-electron chi connectivity index (χ1n) is 8.15. The number of hydrogen-bond acceptors (Lipinski definition) is 5. The van der Waals surface area contributed by atoms with E-state index in [2.05, 4.69) is 10.2 Å². The fourth-order valence-corrected chi connectivity index (χ4v) is 4.18. The number of anilines is 1. The minimum Gasteiger partial charge on any atom is -0.465 e. The van der Waals surface area contributed by atoms with E-state index in [1.54, 1.807) is 11.4 Å². The zero-order chi connectivity index (χ0) is 16.2. The molecule has 1 aliphatic carbocycles. The molecule has 126 valence electrons. The number of piperazine rings is 1. The Labute approximate surface area is 140 Å². The Balaban J connectivity index is 1.53. The van der Waals surface area contributed by atoms with E-state index in [1.807, 2.05) is 4.90 Å². The van der Waals surface area contributed by atoms with Gasteiger partial charge in [0.1, 0.15) is 4.88 Å². The summed E-state index contributed by atoms with van der Waals surface area (Å²) in [6.45, 7) is 3.34. The van der Waals surface area contributed by atoms with Crippen LogP contribution in [0.15, 0.2) is 11.4 Å². The summed E-state index contributed by atoms with van der Waals surface area (Å²) < 4.78 is 4.73. The lowest BCUT2D eigenvalue weighted by Crippen LogP contribution is -2.52. The Kier molecular flexibility index (Phi) is 5.17. The maximum absolute atomic E-state index is 12.4. The van der Waals surface area contributed by atoms with Gasteiger partial charge < -0.3 is 15.0 Å². The third-order valence-corrected chi connectivity index (χ3v) is 5.61. The number of amides is 2. The molecule has 0 atom stereocenters. The van der Waals surface area contributed by atoms with E-state index < -0.39 is 5.97 Å². The predicted molar refractivity (Wildman–Crippen MR) is 90.1 cm³/mol. The molecule has 0 unspecified atom stereocenters. The average Bonchev–Trinajstić information content (AvgIpc) is 3.26. The van der Waals surface area contributed by atoms with Crippen LogP contribution in [0, 0.1) is 0 Å². The van der Waals surface area contributed by atoms with Crippen molar-refractivity contribution in [3.05, 3.63) is 16.3 Å². The quantitative estimate of drug-likeness (QED) is 0.861. The largest absolute Gasteiger partial charge is 0.465 e. The first kappa shape index (κ1) is 16.3. The molecule has 1 aromatic heterocycles. The van der Waals surface area contributed by atoms with Gasteiger partial charge in [0.25, 0.3) is 0 Å². The third-order valence-electron chi connectivity index (χ3n) is 4.72. The summed E-state index contributed by atoms with van der Waals surface area (Å²) in [4.78, 5) is 28.8. The van der Waals surface area contributed by atoms with Crippen molar-refractivity contribution in [2.24, 2.45) is 0 Å². The Bertz CT molecular complexity index is 561. The van der Waals surface area contributed by atoms with Gasteiger partial charge in [-0.1, -0.05) is 12.8 Å². The number of hydrogen-bond donors (Lipinski definition) is 1. The van der Waals surface area contributed by atoms with E-state index in [-0.39, 0.29) is 6.03 Å². The predicted octanol–water partition coefficient (Wildman–Crippen LogP) is 2.63. The standard InChI is InChI=1S/C16H23N3O3S/c1-22-15(20)14-13(6-11-23-14)17-16(21)19-9-7-18(8-10-19)12-4-2-3-5-12/h6,11-12H,2-5,7-10H2,1H3,(H,17,21). The fraction of sp³-hybridized carbons (Fsp3) is 0.625. The molecule has 1 aromatic rings. The SMILES string of the molecule is COC(=O)c1sccc1NC(=O)N1CCN(C2CCCC2)CC1. The summed E-state index contributed by atoms with van der Waals surface area (Å²) in [6.07, 6.45) is 5.26. The minimum atomic E-state index is -0.415. The summed E-state index contributed by atoms with van der Waals surface area (Å²) in [7, 11) is 1.34. The van der Waals surface area contributed by atoms with Crippen molar-refractivity contribution in [3.63, 3.8) is 0 Å². The van der Waals surface area contributed by atoms with Crippen molar-refractivity contribution in [3.8, 4) is 0 Å². The van der Waals surface area contributed by atoms with Crippen molar-refractivity contribution >= 4 is 29.0 Å². The monoisotopic (exact) mass is 337 g/mol. The first-order valence-corrected chi connectivity index (χ1v) is 9.03. The summed E-state index contributed by atoms with van der Waals surface area (Å²) in [5, 5.41) is 4.62. The molecule has 0 aromatic carbocycles. The van der Waals surface area contributed by atoms with E-state index >= 15 is 0 Å². The molecule has 1 saturated carbocycles. The number of methoxy groups -OCH3 is 1. The van der Waals surface area contributed by atoms with E-state index in [0.29, 0.717) is 16.6 Å². The van der Waals surface area contributed by atoms with Crippen molar-refractivity contribution in [1.82, 2.24) is 9.80 Å². The smallest absolute Gasteiger partial charge is 0.350 e. The van der Waals surface area contributed by atoms with Crippen LogP contribution >= 0.6 is 11.3 Å². The summed E-state index contributed by atoms with van der Waals surface area (Å²) in [6, 6.07) is 2.31. The van der Waals surface area contributed by atoms with Crippen LogP contribution in [0.1, 0.15) is 35.4 Å². The number of esters is 1. The van der Waals surface area contributed by atoms with Crippen LogP contribution in [0.4, 0.5) is 10.5 Å². The van der Waals surface area contributed by atoms with Crippen molar-refractivity contribution in [2.75, 3.05) is 38.6 Å². The number of rotatable bonds is 3. The van der Waals surface area contributed by atoms with Gasteiger partial charge in [-0.2, -0.15) is 0 Å². The number of carbonyl (C=O) groups is 2. The van der Waals surface area contributed by atoms with Gasteiger partial charge in [-0.05, 0) is 24.3 Å². The number of nitrogens with one attached hydrogen (secondary N) is 1. The average molecular weight is 337 g/mol. The molecule has 2 fully saturated rings. The number of thiophene rings is 1. The van der Waals surface area contributed by atoms with Crippen LogP contribution in [0.2, 0.25) is 0 Å². The van der Waals surface area contributed by atoms with Gasteiger partial charge in [-0.25, -0.2) is 9.59 Å². The molecule has 0 bridgehead atoms. The number of ether oxygens (including phenoxy) is 1. The highest BCUT2D eigenvalue weighted by Crippen LogP contribution is 2.25. The van der Waals surface area contributed by atoms with Crippen molar-refractivity contribution in [1.29, 1.82) is 0 Å². The van der Waals surface area contributed by atoms with Crippen LogP contribution in [0.5, 0.6) is 0 Å². The minimum absolute atomic E-state index is 0.139. The molecule has 1 saturated heterocycles. The maximum atomic E-state index is 12.4. The Morgan fingerprint density at radius 2 is 1.91 bits per heavy atom. The zero-order valence-electron chi connectivity index (χ0n) is 13.4. The highest BCUT2D eigenvalue weighted by molar-refractivity contribution is 7.12. The van der Waals surface area contributed by atoms with Gasteiger partial charge in [0.05, 0.1) is 12.8 Å². The van der Waals surface area contributed by atoms with Gasteiger partial charge >= 0.3 is 12.0 Å². The molecule has 2 aliphatic rings. The molecule has 0 spiro atoms. The van der Waals surface area contributed by atoms with E-state index in [0.717, 1.165) is 26.2 Å². The van der Waals surface area contributed by atoms with Gasteiger partial charge in [-0.3, -0.25) is 4.90 Å². The lowest BCUT2D eigenvalue weighted by atomic mass is 10.2. The van der Waals surface area contributed by atoms with Gasteiger partial charge in [0.15, 0.2) is 0 Å². The van der Waals surface area contributed by atoms with E-state index in [4.69, 9.17) is 4.74 Å². The van der Waals surface area contributed by atoms with Crippen LogP contribution in [0.25, 0.3) is 0 Å². The van der Waals surface area contributed by atoms with E-state index in [1.165, 1.54) is 44.1 Å². The maximum Gasteiger partial charge on any atom is 0.350 e. The summed E-state index contributed by atoms with van der Waals surface area (Å²) in [5.41, 5.74) is 0.532. The van der Waals surface area contributed by atoms with Crippen LogP contribution in [0.3, 0.4) is 0 Å². The normalized spacial score (nSPS) is 19.8. The second kappa shape index (κ2) is 7.31. The number of carbonyl (C=O) groups excluding carboxylic acids is 2. The summed E-state index contributed by atoms with van der Waals surface area (Å²) >= 11 is 1.27. The topological polar surface area (TPSA) is 61.9 Å². The Morgan fingerprint density at radius 1 is 1.22 bits per heavy atom. The molecule has 0 radical (unpaired) electrons.